The molecule has 0 aliphatic heterocycles. The summed E-state index contributed by atoms with van der Waals surface area (Å²) in [6.45, 7) is 1.65. The zero-order valence-corrected chi connectivity index (χ0v) is 9.99. The van der Waals surface area contributed by atoms with Crippen LogP contribution in [-0.4, -0.2) is 28.5 Å². The van der Waals surface area contributed by atoms with Gasteiger partial charge in [0.2, 0.25) is 5.91 Å². The summed E-state index contributed by atoms with van der Waals surface area (Å²) in [6, 6.07) is 5.87. The van der Waals surface area contributed by atoms with Gasteiger partial charge < -0.3 is 15.4 Å². The fourth-order valence-corrected chi connectivity index (χ4v) is 1.92. The van der Waals surface area contributed by atoms with Crippen molar-refractivity contribution in [3.8, 4) is 0 Å². The van der Waals surface area contributed by atoms with Gasteiger partial charge in [0, 0.05) is 17.1 Å². The second-order valence-electron chi connectivity index (χ2n) is 4.16. The molecule has 1 aromatic carbocycles. The zero-order valence-electron chi connectivity index (χ0n) is 9.99. The van der Waals surface area contributed by atoms with Crippen LogP contribution in [0.2, 0.25) is 0 Å². The maximum atomic E-state index is 11.6. The summed E-state index contributed by atoms with van der Waals surface area (Å²) in [6.07, 6.45) is 1.97. The van der Waals surface area contributed by atoms with Crippen LogP contribution in [0.5, 0.6) is 0 Å². The van der Waals surface area contributed by atoms with Gasteiger partial charge in [-0.05, 0) is 18.1 Å². The average molecular weight is 246 g/mol. The predicted octanol–water partition coefficient (Wildman–Crippen LogP) is 1.22. The second kappa shape index (κ2) is 4.91. The van der Waals surface area contributed by atoms with E-state index < -0.39 is 5.97 Å². The van der Waals surface area contributed by atoms with E-state index in [4.69, 9.17) is 5.11 Å². The molecule has 0 spiro atoms. The van der Waals surface area contributed by atoms with Crippen LogP contribution in [0.1, 0.15) is 11.1 Å². The third-order valence-corrected chi connectivity index (χ3v) is 2.80. The summed E-state index contributed by atoms with van der Waals surface area (Å²) in [5, 5.41) is 11.8. The van der Waals surface area contributed by atoms with Crippen LogP contribution in [0, 0.1) is 6.92 Å². The lowest BCUT2D eigenvalue weighted by molar-refractivity contribution is -0.137. The van der Waals surface area contributed by atoms with E-state index in [2.05, 4.69) is 10.3 Å². The molecule has 2 rings (SSSR count). The fourth-order valence-electron chi connectivity index (χ4n) is 1.92. The zero-order chi connectivity index (χ0) is 13.1. The fraction of sp³-hybridized carbons (Fsp3) is 0.231. The molecular weight excluding hydrogens is 232 g/mol. The van der Waals surface area contributed by atoms with E-state index in [9.17, 15) is 9.59 Å². The molecule has 0 aliphatic rings. The molecule has 94 valence electrons. The molecule has 0 fully saturated rings. The standard InChI is InChI=1S/C13H14N2O3/c1-8-3-2-4-10-9(6-15-13(8)10)5-11(16)14-7-12(17)18/h2-4,6,15H,5,7H2,1H3,(H,14,16)(H,17,18). The lowest BCUT2D eigenvalue weighted by Crippen LogP contribution is -2.30. The van der Waals surface area contributed by atoms with E-state index in [-0.39, 0.29) is 18.9 Å². The van der Waals surface area contributed by atoms with Crippen LogP contribution < -0.4 is 5.32 Å². The Kier molecular flexibility index (Phi) is 3.32. The molecule has 1 heterocycles. The Morgan fingerprint density at radius 2 is 2.17 bits per heavy atom. The Morgan fingerprint density at radius 1 is 1.39 bits per heavy atom. The second-order valence-corrected chi connectivity index (χ2v) is 4.16. The van der Waals surface area contributed by atoms with Gasteiger partial charge in [-0.2, -0.15) is 0 Å². The smallest absolute Gasteiger partial charge is 0.322 e. The molecule has 3 N–H and O–H groups in total. The van der Waals surface area contributed by atoms with Crippen LogP contribution in [0.4, 0.5) is 0 Å². The first kappa shape index (κ1) is 12.2. The van der Waals surface area contributed by atoms with Crippen molar-refractivity contribution in [3.63, 3.8) is 0 Å². The minimum atomic E-state index is -1.04. The van der Waals surface area contributed by atoms with Crippen molar-refractivity contribution in [3.05, 3.63) is 35.5 Å². The summed E-state index contributed by atoms with van der Waals surface area (Å²) < 4.78 is 0. The number of aromatic amines is 1. The first-order valence-corrected chi connectivity index (χ1v) is 5.62. The van der Waals surface area contributed by atoms with E-state index >= 15 is 0 Å². The Labute approximate surface area is 104 Å². The SMILES string of the molecule is Cc1cccc2c(CC(=O)NCC(=O)O)c[nH]c12. The number of aromatic nitrogens is 1. The number of hydrogen-bond acceptors (Lipinski definition) is 2. The summed E-state index contributed by atoms with van der Waals surface area (Å²) in [4.78, 5) is 25.0. The number of benzene rings is 1. The first-order valence-electron chi connectivity index (χ1n) is 5.62. The highest BCUT2D eigenvalue weighted by atomic mass is 16.4. The van der Waals surface area contributed by atoms with Gasteiger partial charge >= 0.3 is 5.97 Å². The molecule has 5 heteroatoms. The van der Waals surface area contributed by atoms with E-state index in [1.807, 2.05) is 25.1 Å². The maximum Gasteiger partial charge on any atom is 0.322 e. The molecular formula is C13H14N2O3. The van der Waals surface area contributed by atoms with Gasteiger partial charge in [0.15, 0.2) is 0 Å². The van der Waals surface area contributed by atoms with Crippen molar-refractivity contribution >= 4 is 22.8 Å². The largest absolute Gasteiger partial charge is 0.480 e. The van der Waals surface area contributed by atoms with Gasteiger partial charge in [-0.3, -0.25) is 9.59 Å². The minimum absolute atomic E-state index is 0.177. The Bertz CT molecular complexity index is 601. The van der Waals surface area contributed by atoms with Crippen molar-refractivity contribution in [2.75, 3.05) is 6.54 Å². The summed E-state index contributed by atoms with van der Waals surface area (Å²) >= 11 is 0. The molecule has 0 aliphatic carbocycles. The lowest BCUT2D eigenvalue weighted by atomic mass is 10.1. The molecule has 18 heavy (non-hydrogen) atoms. The molecule has 1 amide bonds. The van der Waals surface area contributed by atoms with Crippen molar-refractivity contribution in [1.82, 2.24) is 10.3 Å². The van der Waals surface area contributed by atoms with Crippen LogP contribution in [0.3, 0.4) is 0 Å². The summed E-state index contributed by atoms with van der Waals surface area (Å²) in [5.41, 5.74) is 3.00. The monoisotopic (exact) mass is 246 g/mol. The molecule has 0 saturated heterocycles. The number of hydrogen-bond donors (Lipinski definition) is 3. The Hall–Kier alpha value is -2.30. The highest BCUT2D eigenvalue weighted by molar-refractivity contribution is 5.91. The number of para-hydroxylation sites is 1. The normalized spacial score (nSPS) is 10.5. The molecule has 0 unspecified atom stereocenters. The summed E-state index contributed by atoms with van der Waals surface area (Å²) in [5.74, 6) is -1.34. The number of carboxylic acid groups (broad SMARTS) is 1. The number of amides is 1. The van der Waals surface area contributed by atoms with Crippen LogP contribution in [0.15, 0.2) is 24.4 Å². The third-order valence-electron chi connectivity index (χ3n) is 2.80. The highest BCUT2D eigenvalue weighted by Crippen LogP contribution is 2.21. The number of carboxylic acids is 1. The number of fused-ring (bicyclic) bond motifs is 1. The number of aryl methyl sites for hydroxylation is 1. The average Bonchev–Trinajstić information content (AvgIpc) is 2.72. The number of carbonyl (C=O) groups excluding carboxylic acids is 1. The van der Waals surface area contributed by atoms with E-state index in [0.29, 0.717) is 0 Å². The first-order chi connectivity index (χ1) is 8.58. The Balaban J connectivity index is 2.15. The van der Waals surface area contributed by atoms with Gasteiger partial charge in [0.25, 0.3) is 0 Å². The van der Waals surface area contributed by atoms with Crippen molar-refractivity contribution in [1.29, 1.82) is 0 Å². The minimum Gasteiger partial charge on any atom is -0.480 e. The number of carbonyl (C=O) groups is 2. The van der Waals surface area contributed by atoms with Crippen molar-refractivity contribution < 1.29 is 14.7 Å². The van der Waals surface area contributed by atoms with E-state index in [0.717, 1.165) is 22.0 Å². The van der Waals surface area contributed by atoms with Crippen molar-refractivity contribution in [2.24, 2.45) is 0 Å². The van der Waals surface area contributed by atoms with Gasteiger partial charge in [-0.25, -0.2) is 0 Å². The molecule has 0 radical (unpaired) electrons. The molecule has 0 atom stereocenters. The van der Waals surface area contributed by atoms with Gasteiger partial charge in [-0.15, -0.1) is 0 Å². The van der Waals surface area contributed by atoms with Gasteiger partial charge in [0.1, 0.15) is 6.54 Å². The maximum absolute atomic E-state index is 11.6. The van der Waals surface area contributed by atoms with Crippen LogP contribution >= 0.6 is 0 Å². The quantitative estimate of drug-likeness (QED) is 0.758. The van der Waals surface area contributed by atoms with Gasteiger partial charge in [0.05, 0.1) is 6.42 Å². The van der Waals surface area contributed by atoms with E-state index in [1.165, 1.54) is 0 Å². The van der Waals surface area contributed by atoms with Crippen LogP contribution in [-0.2, 0) is 16.0 Å². The Morgan fingerprint density at radius 3 is 2.89 bits per heavy atom. The molecule has 5 nitrogen and oxygen atoms in total. The molecule has 0 bridgehead atoms. The topological polar surface area (TPSA) is 82.2 Å². The van der Waals surface area contributed by atoms with E-state index in [1.54, 1.807) is 6.20 Å². The third kappa shape index (κ3) is 2.51. The molecule has 0 saturated carbocycles. The van der Waals surface area contributed by atoms with Crippen LogP contribution in [0.25, 0.3) is 10.9 Å². The predicted molar refractivity (Wildman–Crippen MR) is 67.4 cm³/mol. The number of nitrogens with one attached hydrogen (secondary N) is 2. The van der Waals surface area contributed by atoms with Gasteiger partial charge in [-0.1, -0.05) is 18.2 Å². The highest BCUT2D eigenvalue weighted by Gasteiger charge is 2.10. The summed E-state index contributed by atoms with van der Waals surface area (Å²) in [7, 11) is 0. The number of rotatable bonds is 4. The lowest BCUT2D eigenvalue weighted by Gasteiger charge is -2.01. The van der Waals surface area contributed by atoms with Crippen molar-refractivity contribution in [2.45, 2.75) is 13.3 Å². The molecule has 1 aromatic heterocycles. The molecule has 2 aromatic rings. The number of aliphatic carboxylic acids is 1. The number of H-pyrrole nitrogens is 1.